The Bertz CT molecular complexity index is 400. The van der Waals surface area contributed by atoms with Crippen LogP contribution in [-0.4, -0.2) is 6.54 Å². The molecule has 1 rings (SSSR count). The van der Waals surface area contributed by atoms with Crippen molar-refractivity contribution in [2.24, 2.45) is 0 Å². The average Bonchev–Trinajstić information content (AvgIpc) is 2.45. The quantitative estimate of drug-likeness (QED) is 0.451. The van der Waals surface area contributed by atoms with Gasteiger partial charge in [0.1, 0.15) is 5.82 Å². The Morgan fingerprint density at radius 1 is 1.30 bits per heavy atom. The topological polar surface area (TPSA) is 12.0 Å². The molecule has 0 amide bonds. The van der Waals surface area contributed by atoms with Crippen LogP contribution in [0.1, 0.15) is 62.6 Å². The van der Waals surface area contributed by atoms with Crippen molar-refractivity contribution in [3.8, 4) is 0 Å². The first-order valence-corrected chi connectivity index (χ1v) is 7.79. The van der Waals surface area contributed by atoms with Gasteiger partial charge in [0.05, 0.1) is 0 Å². The van der Waals surface area contributed by atoms with E-state index in [0.29, 0.717) is 5.56 Å². The van der Waals surface area contributed by atoms with Crippen LogP contribution < -0.4 is 5.32 Å². The van der Waals surface area contributed by atoms with Crippen molar-refractivity contribution in [3.05, 3.63) is 47.8 Å². The molecule has 20 heavy (non-hydrogen) atoms. The first kappa shape index (κ1) is 16.9. The summed E-state index contributed by atoms with van der Waals surface area (Å²) in [6.45, 7) is 8.69. The molecule has 1 N–H and O–H groups in total. The maximum Gasteiger partial charge on any atom is 0.126 e. The lowest BCUT2D eigenvalue weighted by Gasteiger charge is -2.19. The van der Waals surface area contributed by atoms with Crippen LogP contribution in [0.2, 0.25) is 0 Å². The zero-order chi connectivity index (χ0) is 14.8. The van der Waals surface area contributed by atoms with Crippen LogP contribution in [-0.2, 0) is 0 Å². The van der Waals surface area contributed by atoms with Crippen molar-refractivity contribution < 1.29 is 4.39 Å². The van der Waals surface area contributed by atoms with Crippen molar-refractivity contribution in [1.82, 2.24) is 5.32 Å². The highest BCUT2D eigenvalue weighted by Gasteiger charge is 2.11. The average molecular weight is 277 g/mol. The van der Waals surface area contributed by atoms with E-state index < -0.39 is 0 Å². The van der Waals surface area contributed by atoms with Crippen molar-refractivity contribution in [2.45, 2.75) is 58.4 Å². The van der Waals surface area contributed by atoms with Gasteiger partial charge in [0.2, 0.25) is 0 Å². The van der Waals surface area contributed by atoms with Gasteiger partial charge in [0.25, 0.3) is 0 Å². The molecule has 0 saturated heterocycles. The second kappa shape index (κ2) is 9.71. The van der Waals surface area contributed by atoms with Crippen LogP contribution in [0.15, 0.2) is 30.9 Å². The number of hydrogen-bond donors (Lipinski definition) is 1. The summed E-state index contributed by atoms with van der Waals surface area (Å²) in [7, 11) is 0. The molecule has 0 aromatic heterocycles. The predicted molar refractivity (Wildman–Crippen MR) is 85.5 cm³/mol. The monoisotopic (exact) mass is 277 g/mol. The van der Waals surface area contributed by atoms with E-state index in [9.17, 15) is 4.39 Å². The lowest BCUT2D eigenvalue weighted by atomic mass is 9.98. The third-order valence-electron chi connectivity index (χ3n) is 3.64. The van der Waals surface area contributed by atoms with Gasteiger partial charge < -0.3 is 5.32 Å². The summed E-state index contributed by atoms with van der Waals surface area (Å²) in [5, 5.41) is 3.54. The zero-order valence-electron chi connectivity index (χ0n) is 12.9. The number of rotatable bonds is 10. The highest BCUT2D eigenvalue weighted by molar-refractivity contribution is 5.25. The molecule has 0 fully saturated rings. The minimum absolute atomic E-state index is 0.0996. The van der Waals surface area contributed by atoms with Crippen molar-refractivity contribution in [2.75, 3.05) is 6.54 Å². The molecule has 2 heteroatoms. The van der Waals surface area contributed by atoms with E-state index in [1.165, 1.54) is 19.3 Å². The van der Waals surface area contributed by atoms with Gasteiger partial charge in [-0.15, -0.1) is 6.58 Å². The third-order valence-corrected chi connectivity index (χ3v) is 3.64. The number of unbranched alkanes of at least 4 members (excludes halogenated alkanes) is 3. The van der Waals surface area contributed by atoms with Gasteiger partial charge >= 0.3 is 0 Å². The Morgan fingerprint density at radius 2 is 2.10 bits per heavy atom. The molecule has 112 valence electrons. The lowest BCUT2D eigenvalue weighted by Crippen LogP contribution is -2.22. The first-order chi connectivity index (χ1) is 9.69. The standard InChI is InChI=1S/C18H28FN/c1-4-6-7-8-9-10-18(20-13-5-2)16-12-11-15(3)17(19)14-16/h4,11-12,14,18,20H,1,5-10,13H2,2-3H3. The van der Waals surface area contributed by atoms with Gasteiger partial charge in [-0.1, -0.05) is 38.0 Å². The highest BCUT2D eigenvalue weighted by Crippen LogP contribution is 2.22. The summed E-state index contributed by atoms with van der Waals surface area (Å²) >= 11 is 0. The summed E-state index contributed by atoms with van der Waals surface area (Å²) in [4.78, 5) is 0. The SMILES string of the molecule is C=CCCCCCC(NCCC)c1ccc(C)c(F)c1. The number of nitrogens with one attached hydrogen (secondary N) is 1. The predicted octanol–water partition coefficient (Wildman–Crippen LogP) is 5.31. The Balaban J connectivity index is 2.57. The second-order valence-corrected chi connectivity index (χ2v) is 5.44. The van der Waals surface area contributed by atoms with Gasteiger partial charge in [0.15, 0.2) is 0 Å². The Kier molecular flexibility index (Phi) is 8.20. The summed E-state index contributed by atoms with van der Waals surface area (Å²) in [5.74, 6) is -0.0996. The van der Waals surface area contributed by atoms with E-state index in [2.05, 4.69) is 24.9 Å². The fourth-order valence-electron chi connectivity index (χ4n) is 2.34. The largest absolute Gasteiger partial charge is 0.310 e. The molecule has 0 bridgehead atoms. The molecular formula is C18H28FN. The zero-order valence-corrected chi connectivity index (χ0v) is 12.9. The van der Waals surface area contributed by atoms with Crippen LogP contribution in [0.25, 0.3) is 0 Å². The van der Waals surface area contributed by atoms with Crippen LogP contribution >= 0.6 is 0 Å². The Labute approximate surface area is 123 Å². The van der Waals surface area contributed by atoms with Crippen LogP contribution in [0.4, 0.5) is 4.39 Å². The Hall–Kier alpha value is -1.15. The highest BCUT2D eigenvalue weighted by atomic mass is 19.1. The number of hydrogen-bond acceptors (Lipinski definition) is 1. The molecule has 1 unspecified atom stereocenters. The van der Waals surface area contributed by atoms with Gasteiger partial charge in [-0.25, -0.2) is 4.39 Å². The molecule has 0 spiro atoms. The minimum atomic E-state index is -0.0996. The van der Waals surface area contributed by atoms with E-state index in [0.717, 1.165) is 31.4 Å². The molecule has 1 aromatic rings. The molecule has 0 aliphatic rings. The van der Waals surface area contributed by atoms with Crippen molar-refractivity contribution in [1.29, 1.82) is 0 Å². The molecular weight excluding hydrogens is 249 g/mol. The summed E-state index contributed by atoms with van der Waals surface area (Å²) in [6.07, 6.45) is 8.82. The first-order valence-electron chi connectivity index (χ1n) is 7.79. The van der Waals surface area contributed by atoms with E-state index in [1.54, 1.807) is 6.07 Å². The Morgan fingerprint density at radius 3 is 2.75 bits per heavy atom. The molecule has 0 heterocycles. The van der Waals surface area contributed by atoms with Gasteiger partial charge in [-0.05, 0) is 56.3 Å². The summed E-state index contributed by atoms with van der Waals surface area (Å²) < 4.78 is 13.7. The second-order valence-electron chi connectivity index (χ2n) is 5.44. The number of allylic oxidation sites excluding steroid dienone is 1. The van der Waals surface area contributed by atoms with Crippen molar-refractivity contribution >= 4 is 0 Å². The van der Waals surface area contributed by atoms with E-state index in [4.69, 9.17) is 0 Å². The van der Waals surface area contributed by atoms with Crippen LogP contribution in [0.5, 0.6) is 0 Å². The molecule has 1 nitrogen and oxygen atoms in total. The molecule has 1 atom stereocenters. The van der Waals surface area contributed by atoms with Gasteiger partial charge in [-0.2, -0.15) is 0 Å². The van der Waals surface area contributed by atoms with Crippen LogP contribution in [0.3, 0.4) is 0 Å². The molecule has 0 aliphatic heterocycles. The smallest absolute Gasteiger partial charge is 0.126 e. The maximum atomic E-state index is 13.7. The van der Waals surface area contributed by atoms with E-state index in [1.807, 2.05) is 19.1 Å². The summed E-state index contributed by atoms with van der Waals surface area (Å²) in [5.41, 5.74) is 1.79. The van der Waals surface area contributed by atoms with Crippen molar-refractivity contribution in [3.63, 3.8) is 0 Å². The number of aryl methyl sites for hydroxylation is 1. The number of halogens is 1. The van der Waals surface area contributed by atoms with E-state index in [-0.39, 0.29) is 11.9 Å². The van der Waals surface area contributed by atoms with Gasteiger partial charge in [-0.3, -0.25) is 0 Å². The maximum absolute atomic E-state index is 13.7. The number of benzene rings is 1. The normalized spacial score (nSPS) is 12.3. The fraction of sp³-hybridized carbons (Fsp3) is 0.556. The molecule has 0 radical (unpaired) electrons. The lowest BCUT2D eigenvalue weighted by molar-refractivity contribution is 0.469. The molecule has 0 aliphatic carbocycles. The molecule has 1 aromatic carbocycles. The molecule has 0 saturated carbocycles. The van der Waals surface area contributed by atoms with Crippen LogP contribution in [0, 0.1) is 12.7 Å². The van der Waals surface area contributed by atoms with Gasteiger partial charge in [0, 0.05) is 6.04 Å². The summed E-state index contributed by atoms with van der Waals surface area (Å²) in [6, 6.07) is 5.89. The third kappa shape index (κ3) is 5.87. The van der Waals surface area contributed by atoms with E-state index >= 15 is 0 Å². The minimum Gasteiger partial charge on any atom is -0.310 e. The fourth-order valence-corrected chi connectivity index (χ4v) is 2.34.